The molecule has 20 heavy (non-hydrogen) atoms. The van der Waals surface area contributed by atoms with Crippen molar-refractivity contribution in [3.63, 3.8) is 0 Å². The van der Waals surface area contributed by atoms with Crippen molar-refractivity contribution in [1.82, 2.24) is 5.32 Å². The fourth-order valence-corrected chi connectivity index (χ4v) is 2.20. The lowest BCUT2D eigenvalue weighted by Crippen LogP contribution is -2.17. The van der Waals surface area contributed by atoms with Gasteiger partial charge in [0.05, 0.1) is 6.61 Å². The second-order valence-corrected chi connectivity index (χ2v) is 5.63. The van der Waals surface area contributed by atoms with Crippen molar-refractivity contribution in [2.75, 3.05) is 13.2 Å². The summed E-state index contributed by atoms with van der Waals surface area (Å²) in [6, 6.07) is 16.4. The maximum atomic E-state index is 5.65. The number of aryl methyl sites for hydroxylation is 1. The van der Waals surface area contributed by atoms with Crippen molar-refractivity contribution < 1.29 is 4.74 Å². The standard InChI is InChI=1S/C17H20BrNO/c1-14-12-15(8-9-17(14)18)13-19-10-5-11-20-16-6-3-2-4-7-16/h2-4,6-9,12,19H,5,10-11,13H2,1H3. The van der Waals surface area contributed by atoms with E-state index in [9.17, 15) is 0 Å². The highest BCUT2D eigenvalue weighted by Crippen LogP contribution is 2.16. The maximum Gasteiger partial charge on any atom is 0.119 e. The smallest absolute Gasteiger partial charge is 0.119 e. The molecule has 0 amide bonds. The van der Waals surface area contributed by atoms with Gasteiger partial charge >= 0.3 is 0 Å². The van der Waals surface area contributed by atoms with Crippen molar-refractivity contribution in [2.24, 2.45) is 0 Å². The molecule has 0 atom stereocenters. The van der Waals surface area contributed by atoms with Gasteiger partial charge in [0.2, 0.25) is 0 Å². The largest absolute Gasteiger partial charge is 0.494 e. The van der Waals surface area contributed by atoms with Gasteiger partial charge in [0.15, 0.2) is 0 Å². The minimum absolute atomic E-state index is 0.746. The molecular formula is C17H20BrNO. The SMILES string of the molecule is Cc1cc(CNCCCOc2ccccc2)ccc1Br. The Balaban J connectivity index is 1.61. The third-order valence-electron chi connectivity index (χ3n) is 3.06. The van der Waals surface area contributed by atoms with Crippen molar-refractivity contribution in [2.45, 2.75) is 19.9 Å². The van der Waals surface area contributed by atoms with Crippen LogP contribution in [-0.2, 0) is 6.54 Å². The first-order valence-electron chi connectivity index (χ1n) is 6.89. The predicted molar refractivity (Wildman–Crippen MR) is 87.1 cm³/mol. The number of benzene rings is 2. The molecule has 0 saturated heterocycles. The second-order valence-electron chi connectivity index (χ2n) is 4.78. The van der Waals surface area contributed by atoms with Crippen LogP contribution in [0, 0.1) is 6.92 Å². The quantitative estimate of drug-likeness (QED) is 0.762. The first kappa shape index (κ1) is 15.1. The Morgan fingerprint density at radius 1 is 1.10 bits per heavy atom. The van der Waals surface area contributed by atoms with E-state index < -0.39 is 0 Å². The summed E-state index contributed by atoms with van der Waals surface area (Å²) in [6.45, 7) is 4.72. The van der Waals surface area contributed by atoms with E-state index in [0.717, 1.165) is 36.3 Å². The zero-order valence-electron chi connectivity index (χ0n) is 11.7. The van der Waals surface area contributed by atoms with Crippen LogP contribution in [0.3, 0.4) is 0 Å². The molecule has 0 saturated carbocycles. The molecular weight excluding hydrogens is 314 g/mol. The summed E-state index contributed by atoms with van der Waals surface area (Å²) in [6.07, 6.45) is 1.00. The molecule has 0 aromatic heterocycles. The van der Waals surface area contributed by atoms with Crippen LogP contribution < -0.4 is 10.1 Å². The number of halogens is 1. The Hall–Kier alpha value is -1.32. The Bertz CT molecular complexity index is 528. The first-order valence-corrected chi connectivity index (χ1v) is 7.68. The number of ether oxygens (including phenoxy) is 1. The van der Waals surface area contributed by atoms with E-state index in [1.54, 1.807) is 0 Å². The average molecular weight is 334 g/mol. The van der Waals surface area contributed by atoms with Crippen LogP contribution in [0.4, 0.5) is 0 Å². The fraction of sp³-hybridized carbons (Fsp3) is 0.294. The van der Waals surface area contributed by atoms with Crippen LogP contribution in [0.5, 0.6) is 5.75 Å². The summed E-state index contributed by atoms with van der Waals surface area (Å²) in [5.41, 5.74) is 2.59. The van der Waals surface area contributed by atoms with Gasteiger partial charge in [0.25, 0.3) is 0 Å². The Morgan fingerprint density at radius 2 is 1.90 bits per heavy atom. The van der Waals surface area contributed by atoms with Crippen molar-refractivity contribution in [3.8, 4) is 5.75 Å². The Labute approximate surface area is 129 Å². The van der Waals surface area contributed by atoms with Crippen molar-refractivity contribution in [3.05, 3.63) is 64.1 Å². The van der Waals surface area contributed by atoms with Crippen molar-refractivity contribution >= 4 is 15.9 Å². The molecule has 0 aliphatic rings. The van der Waals surface area contributed by atoms with Gasteiger partial charge in [-0.2, -0.15) is 0 Å². The monoisotopic (exact) mass is 333 g/mol. The second kappa shape index (κ2) is 8.08. The summed E-state index contributed by atoms with van der Waals surface area (Å²) < 4.78 is 6.81. The number of para-hydroxylation sites is 1. The van der Waals surface area contributed by atoms with E-state index in [1.165, 1.54) is 11.1 Å². The molecule has 0 aliphatic carbocycles. The molecule has 0 fully saturated rings. The highest BCUT2D eigenvalue weighted by molar-refractivity contribution is 9.10. The van der Waals surface area contributed by atoms with Crippen molar-refractivity contribution in [1.29, 1.82) is 0 Å². The molecule has 2 rings (SSSR count). The van der Waals surface area contributed by atoms with Gasteiger partial charge in [-0.05, 0) is 49.2 Å². The molecule has 0 spiro atoms. The van der Waals surface area contributed by atoms with Crippen LogP contribution >= 0.6 is 15.9 Å². The van der Waals surface area contributed by atoms with Gasteiger partial charge in [-0.25, -0.2) is 0 Å². The normalized spacial score (nSPS) is 10.5. The molecule has 106 valence electrons. The highest BCUT2D eigenvalue weighted by Gasteiger charge is 1.97. The molecule has 0 heterocycles. The van der Waals surface area contributed by atoms with Crippen LogP contribution in [0.1, 0.15) is 17.5 Å². The van der Waals surface area contributed by atoms with Crippen LogP contribution in [-0.4, -0.2) is 13.2 Å². The molecule has 0 radical (unpaired) electrons. The minimum atomic E-state index is 0.746. The zero-order valence-corrected chi connectivity index (χ0v) is 13.3. The zero-order chi connectivity index (χ0) is 14.2. The average Bonchev–Trinajstić information content (AvgIpc) is 2.47. The highest BCUT2D eigenvalue weighted by atomic mass is 79.9. The Morgan fingerprint density at radius 3 is 2.65 bits per heavy atom. The first-order chi connectivity index (χ1) is 9.75. The number of nitrogens with one attached hydrogen (secondary N) is 1. The number of rotatable bonds is 7. The molecule has 0 aliphatic heterocycles. The molecule has 2 aromatic rings. The number of hydrogen-bond donors (Lipinski definition) is 1. The third-order valence-corrected chi connectivity index (χ3v) is 3.95. The molecule has 0 unspecified atom stereocenters. The summed E-state index contributed by atoms with van der Waals surface area (Å²) >= 11 is 3.52. The Kier molecular flexibility index (Phi) is 6.09. The molecule has 3 heteroatoms. The topological polar surface area (TPSA) is 21.3 Å². The van der Waals surface area contributed by atoms with E-state index in [2.05, 4.69) is 46.4 Å². The van der Waals surface area contributed by atoms with Crippen LogP contribution in [0.25, 0.3) is 0 Å². The third kappa shape index (κ3) is 4.99. The predicted octanol–water partition coefficient (Wildman–Crippen LogP) is 4.32. The summed E-state index contributed by atoms with van der Waals surface area (Å²) in [5.74, 6) is 0.941. The van der Waals surface area contributed by atoms with Gasteiger partial charge in [0.1, 0.15) is 5.75 Å². The molecule has 2 aromatic carbocycles. The van der Waals surface area contributed by atoms with Crippen LogP contribution in [0.15, 0.2) is 53.0 Å². The molecule has 2 nitrogen and oxygen atoms in total. The van der Waals surface area contributed by atoms with Crippen LogP contribution in [0.2, 0.25) is 0 Å². The number of hydrogen-bond acceptors (Lipinski definition) is 2. The van der Waals surface area contributed by atoms with Gasteiger partial charge in [-0.1, -0.05) is 46.3 Å². The maximum absolute atomic E-state index is 5.65. The fourth-order valence-electron chi connectivity index (χ4n) is 1.95. The minimum Gasteiger partial charge on any atom is -0.494 e. The van der Waals surface area contributed by atoms with Gasteiger partial charge in [-0.3, -0.25) is 0 Å². The van der Waals surface area contributed by atoms with Gasteiger partial charge in [0, 0.05) is 11.0 Å². The lowest BCUT2D eigenvalue weighted by molar-refractivity contribution is 0.308. The summed E-state index contributed by atoms with van der Waals surface area (Å²) in [7, 11) is 0. The van der Waals surface area contributed by atoms with E-state index in [1.807, 2.05) is 30.3 Å². The lowest BCUT2D eigenvalue weighted by Gasteiger charge is -2.08. The molecule has 0 bridgehead atoms. The summed E-state index contributed by atoms with van der Waals surface area (Å²) in [5, 5.41) is 3.44. The van der Waals surface area contributed by atoms with E-state index in [4.69, 9.17) is 4.74 Å². The van der Waals surface area contributed by atoms with E-state index in [-0.39, 0.29) is 0 Å². The van der Waals surface area contributed by atoms with E-state index in [0.29, 0.717) is 0 Å². The summed E-state index contributed by atoms with van der Waals surface area (Å²) in [4.78, 5) is 0. The lowest BCUT2D eigenvalue weighted by atomic mass is 10.1. The van der Waals surface area contributed by atoms with Gasteiger partial charge in [-0.15, -0.1) is 0 Å². The molecule has 1 N–H and O–H groups in total. The van der Waals surface area contributed by atoms with E-state index >= 15 is 0 Å². The van der Waals surface area contributed by atoms with Gasteiger partial charge < -0.3 is 10.1 Å².